The highest BCUT2D eigenvalue weighted by atomic mass is 35.7. The Hall–Kier alpha value is -3.06. The molecule has 1 aromatic heterocycles. The lowest BCUT2D eigenvalue weighted by atomic mass is 9.50. The van der Waals surface area contributed by atoms with E-state index in [0.717, 1.165) is 6.42 Å². The molecule has 3 aliphatic rings. The van der Waals surface area contributed by atoms with Crippen LogP contribution >= 0.6 is 0 Å². The smallest absolute Gasteiger partial charge is 0.192 e. The van der Waals surface area contributed by atoms with Crippen molar-refractivity contribution in [3.05, 3.63) is 137 Å². The van der Waals surface area contributed by atoms with Crippen LogP contribution < -0.4 is 23.2 Å². The van der Waals surface area contributed by atoms with Crippen LogP contribution in [0.15, 0.2) is 109 Å². The second kappa shape index (κ2) is 8.31. The van der Waals surface area contributed by atoms with Crippen molar-refractivity contribution < 1.29 is 33.4 Å². The minimum Gasteiger partial charge on any atom is -0.222 e. The summed E-state index contributed by atoms with van der Waals surface area (Å²) in [5, 5.41) is 0. The third kappa shape index (κ3) is 3.63. The maximum absolute atomic E-state index is 8.49. The third-order valence-corrected chi connectivity index (χ3v) is 7.26. The summed E-state index contributed by atoms with van der Waals surface area (Å²) in [5.74, 6) is 0.284. The summed E-state index contributed by atoms with van der Waals surface area (Å²) in [4.78, 5) is 0. The minimum absolute atomic E-state index is 0.0897. The van der Waals surface area contributed by atoms with E-state index in [4.69, 9.17) is 18.6 Å². The second-order valence-corrected chi connectivity index (χ2v) is 9.80. The number of benzene rings is 3. The van der Waals surface area contributed by atoms with Crippen LogP contribution in [0.5, 0.6) is 0 Å². The molecule has 2 bridgehead atoms. The van der Waals surface area contributed by atoms with Crippen LogP contribution in [0.2, 0.25) is 0 Å². The van der Waals surface area contributed by atoms with Gasteiger partial charge in [-0.15, -0.1) is 10.2 Å². The van der Waals surface area contributed by atoms with E-state index in [1.165, 1.54) is 27.9 Å². The van der Waals surface area contributed by atoms with Gasteiger partial charge >= 0.3 is 0 Å². The molecule has 0 spiro atoms. The number of hydrogen-bond acceptors (Lipinski definition) is 4. The third-order valence-electron chi connectivity index (χ3n) is 7.26. The van der Waals surface area contributed by atoms with Crippen LogP contribution in [0, 0.1) is 10.2 Å². The molecule has 172 valence electrons. The Kier molecular flexibility index (Phi) is 5.55. The first-order valence-corrected chi connectivity index (χ1v) is 12.3. The Morgan fingerprint density at radius 1 is 0.706 bits per heavy atom. The van der Waals surface area contributed by atoms with Crippen LogP contribution in [-0.2, 0) is 11.0 Å². The number of rotatable bonds is 2. The quantitative estimate of drug-likeness (QED) is 0.402. The molecular weight excluding hydrogens is 450 g/mol. The molecule has 0 radical (unpaired) electrons. The molecule has 0 saturated carbocycles. The molecular formula is C28H24ClNO4. The van der Waals surface area contributed by atoms with E-state index in [-0.39, 0.29) is 16.9 Å². The van der Waals surface area contributed by atoms with Gasteiger partial charge in [-0.2, -0.15) is 4.57 Å². The van der Waals surface area contributed by atoms with Crippen molar-refractivity contribution in [1.82, 2.24) is 0 Å². The summed E-state index contributed by atoms with van der Waals surface area (Å²) in [7, 11) is -4.94. The molecule has 6 heteroatoms. The highest BCUT2D eigenvalue weighted by Crippen LogP contribution is 2.61. The van der Waals surface area contributed by atoms with E-state index < -0.39 is 10.2 Å². The Morgan fingerprint density at radius 3 is 1.79 bits per heavy atom. The Bertz CT molecular complexity index is 1210. The fraction of sp³-hybridized carbons (Fsp3) is 0.179. The van der Waals surface area contributed by atoms with E-state index in [1.807, 2.05) is 0 Å². The maximum Gasteiger partial charge on any atom is 0.192 e. The number of halogens is 1. The number of fused-ring (bicyclic) bond motifs is 1. The molecule has 4 aromatic rings. The number of hydrogen-bond donors (Lipinski definition) is 0. The van der Waals surface area contributed by atoms with Crippen LogP contribution in [0.1, 0.15) is 47.2 Å². The molecule has 5 nitrogen and oxygen atoms in total. The van der Waals surface area contributed by atoms with Gasteiger partial charge in [0.05, 0.1) is 5.92 Å². The molecule has 7 rings (SSSR count). The summed E-state index contributed by atoms with van der Waals surface area (Å²) in [6.07, 6.45) is 3.33. The second-order valence-electron chi connectivity index (χ2n) is 9.05. The molecule has 34 heavy (non-hydrogen) atoms. The van der Waals surface area contributed by atoms with Gasteiger partial charge in [-0.1, -0.05) is 91.0 Å². The van der Waals surface area contributed by atoms with Crippen LogP contribution in [0.25, 0.3) is 0 Å². The molecule has 0 amide bonds. The number of aromatic nitrogens is 1. The zero-order chi connectivity index (χ0) is 24.0. The molecule has 2 unspecified atom stereocenters. The van der Waals surface area contributed by atoms with Gasteiger partial charge in [0.1, 0.15) is 0 Å². The number of nitrogens with zero attached hydrogens (tertiary/aromatic N) is 1. The molecule has 1 aliphatic carbocycles. The van der Waals surface area contributed by atoms with Gasteiger partial charge in [0.25, 0.3) is 0 Å². The van der Waals surface area contributed by atoms with Crippen molar-refractivity contribution in [2.24, 2.45) is 0 Å². The summed E-state index contributed by atoms with van der Waals surface area (Å²) in [5.41, 5.74) is 6.99. The van der Waals surface area contributed by atoms with E-state index in [0.29, 0.717) is 0 Å². The van der Waals surface area contributed by atoms with Gasteiger partial charge in [0.2, 0.25) is 0 Å². The van der Waals surface area contributed by atoms with Gasteiger partial charge in [-0.3, -0.25) is 0 Å². The van der Waals surface area contributed by atoms with E-state index in [1.54, 1.807) is 0 Å². The first-order valence-electron chi connectivity index (χ1n) is 11.1. The Balaban J connectivity index is 0.000000439. The predicted molar refractivity (Wildman–Crippen MR) is 116 cm³/mol. The van der Waals surface area contributed by atoms with Gasteiger partial charge in [-0.05, 0) is 16.7 Å². The fourth-order valence-electron chi connectivity index (χ4n) is 6.19. The van der Waals surface area contributed by atoms with Crippen LogP contribution in [0.3, 0.4) is 0 Å². The largest absolute Gasteiger partial charge is 0.222 e. The topological polar surface area (TPSA) is 96.1 Å². The number of pyridine rings is 1. The molecule has 0 fully saturated rings. The summed E-state index contributed by atoms with van der Waals surface area (Å²) in [6, 6.07) is 38.1. The zero-order valence-corrected chi connectivity index (χ0v) is 19.4. The van der Waals surface area contributed by atoms with Crippen LogP contribution in [-0.4, -0.2) is 0 Å². The van der Waals surface area contributed by atoms with Crippen LogP contribution in [0.4, 0.5) is 0 Å². The maximum atomic E-state index is 8.49. The Labute approximate surface area is 200 Å². The normalized spacial score (nSPS) is 21.6. The lowest BCUT2D eigenvalue weighted by Gasteiger charge is -2.53. The van der Waals surface area contributed by atoms with Crippen molar-refractivity contribution in [2.45, 2.75) is 30.2 Å². The van der Waals surface area contributed by atoms with E-state index >= 15 is 0 Å². The minimum atomic E-state index is -4.94. The van der Waals surface area contributed by atoms with Crippen molar-refractivity contribution in [2.75, 3.05) is 0 Å². The highest BCUT2D eigenvalue weighted by molar-refractivity contribution is 5.56. The lowest BCUT2D eigenvalue weighted by Crippen LogP contribution is -2.69. The highest BCUT2D eigenvalue weighted by Gasteiger charge is 2.64. The van der Waals surface area contributed by atoms with Crippen molar-refractivity contribution >= 4 is 0 Å². The van der Waals surface area contributed by atoms with Gasteiger partial charge in [-0.25, -0.2) is 18.6 Å². The average Bonchev–Trinajstić information content (AvgIpc) is 2.84. The molecule has 2 aliphatic heterocycles. The molecule has 0 N–H and O–H groups in total. The zero-order valence-electron chi connectivity index (χ0n) is 18.6. The Morgan fingerprint density at radius 2 is 1.21 bits per heavy atom. The first-order chi connectivity index (χ1) is 16.2. The summed E-state index contributed by atoms with van der Waals surface area (Å²) < 4.78 is 36.5. The van der Waals surface area contributed by atoms with E-state index in [2.05, 4.69) is 121 Å². The molecule has 3 heterocycles. The van der Waals surface area contributed by atoms with Gasteiger partial charge in [0, 0.05) is 36.5 Å². The predicted octanol–water partition coefficient (Wildman–Crippen LogP) is 0.817. The molecule has 3 aromatic carbocycles. The first kappa shape index (κ1) is 22.7. The molecule has 2 atom stereocenters. The average molecular weight is 474 g/mol. The lowest BCUT2D eigenvalue weighted by molar-refractivity contribution is -2.00. The van der Waals surface area contributed by atoms with Crippen molar-refractivity contribution in [3.63, 3.8) is 0 Å². The SMILES string of the molecule is CC12CC(c3ccccc3)(c3ccccc3)C(c3ccccc31)c1cccc[n+]12.[O-][Cl+3]([O-])([O-])[O-]. The van der Waals surface area contributed by atoms with Crippen molar-refractivity contribution in [1.29, 1.82) is 0 Å². The van der Waals surface area contributed by atoms with E-state index in [9.17, 15) is 0 Å². The standard InChI is InChI=1S/C28H24N.ClHO4/c1-27-20-28(21-12-4-2-5-13-21,22-14-6-3-7-15-22)26(23-16-8-9-17-24(23)27)25-18-10-11-19-29(25)27;2-1(3,4)5/h2-19,26H,20H2,1H3;(H,2,3,4,5)/q+1;/p-1. The van der Waals surface area contributed by atoms with Gasteiger partial charge < -0.3 is 0 Å². The monoisotopic (exact) mass is 473 g/mol. The fourth-order valence-corrected chi connectivity index (χ4v) is 6.19. The van der Waals surface area contributed by atoms with Crippen molar-refractivity contribution in [3.8, 4) is 0 Å². The molecule has 0 saturated heterocycles. The summed E-state index contributed by atoms with van der Waals surface area (Å²) in [6.45, 7) is 2.42. The van der Waals surface area contributed by atoms with Gasteiger partial charge in [0.15, 0.2) is 17.4 Å². The summed E-state index contributed by atoms with van der Waals surface area (Å²) >= 11 is 0.